The smallest absolute Gasteiger partial charge is 0.293 e. The molecule has 126 valence electrons. The Labute approximate surface area is 140 Å². The highest BCUT2D eigenvalue weighted by Gasteiger charge is 2.20. The van der Waals surface area contributed by atoms with Crippen LogP contribution in [0.25, 0.3) is 0 Å². The normalized spacial score (nSPS) is 10.5. The number of carbonyl (C=O) groups excluding carboxylic acids is 1. The Morgan fingerprint density at radius 1 is 1.21 bits per heavy atom. The van der Waals surface area contributed by atoms with Gasteiger partial charge in [-0.05, 0) is 57.0 Å². The Morgan fingerprint density at radius 2 is 1.92 bits per heavy atom. The molecule has 0 fully saturated rings. The zero-order valence-electron chi connectivity index (χ0n) is 14.1. The van der Waals surface area contributed by atoms with E-state index in [1.54, 1.807) is 37.3 Å². The van der Waals surface area contributed by atoms with Gasteiger partial charge in [-0.1, -0.05) is 12.1 Å². The third-order valence-electron chi connectivity index (χ3n) is 3.62. The molecule has 0 spiro atoms. The largest absolute Gasteiger partial charge is 0.491 e. The zero-order chi connectivity index (χ0) is 17.9. The highest BCUT2D eigenvalue weighted by Crippen LogP contribution is 2.30. The van der Waals surface area contributed by atoms with E-state index in [4.69, 9.17) is 4.74 Å². The van der Waals surface area contributed by atoms with Gasteiger partial charge in [0.25, 0.3) is 11.6 Å². The SMILES string of the molecule is Cc1ccc([N+](=O)[O-])c(NC(=O)c2cccc(OC(C)C)c2)c1C. The number of amides is 1. The first-order chi connectivity index (χ1) is 11.3. The number of rotatable bonds is 5. The molecular weight excluding hydrogens is 308 g/mol. The topological polar surface area (TPSA) is 81.5 Å². The van der Waals surface area contributed by atoms with E-state index in [1.165, 1.54) is 6.07 Å². The lowest BCUT2D eigenvalue weighted by molar-refractivity contribution is -0.384. The molecule has 2 aromatic carbocycles. The summed E-state index contributed by atoms with van der Waals surface area (Å²) in [5, 5.41) is 13.9. The maximum Gasteiger partial charge on any atom is 0.293 e. The number of ether oxygens (including phenoxy) is 1. The Morgan fingerprint density at radius 3 is 2.54 bits per heavy atom. The molecule has 0 aliphatic rings. The molecule has 2 rings (SSSR count). The fourth-order valence-corrected chi connectivity index (χ4v) is 2.28. The number of carbonyl (C=O) groups is 1. The molecule has 6 heteroatoms. The van der Waals surface area contributed by atoms with Gasteiger partial charge in [0.1, 0.15) is 11.4 Å². The number of nitro benzene ring substituents is 1. The van der Waals surface area contributed by atoms with Crippen molar-refractivity contribution >= 4 is 17.3 Å². The van der Waals surface area contributed by atoms with Crippen LogP contribution < -0.4 is 10.1 Å². The lowest BCUT2D eigenvalue weighted by Gasteiger charge is -2.13. The van der Waals surface area contributed by atoms with Gasteiger partial charge in [0.05, 0.1) is 11.0 Å². The summed E-state index contributed by atoms with van der Waals surface area (Å²) in [7, 11) is 0. The number of nitrogens with one attached hydrogen (secondary N) is 1. The molecule has 0 radical (unpaired) electrons. The van der Waals surface area contributed by atoms with Gasteiger partial charge in [0.2, 0.25) is 0 Å². The van der Waals surface area contributed by atoms with Gasteiger partial charge < -0.3 is 10.1 Å². The Bertz CT molecular complexity index is 785. The fourth-order valence-electron chi connectivity index (χ4n) is 2.28. The highest BCUT2D eigenvalue weighted by atomic mass is 16.6. The van der Waals surface area contributed by atoms with Crippen molar-refractivity contribution in [2.24, 2.45) is 0 Å². The van der Waals surface area contributed by atoms with Gasteiger partial charge in [-0.25, -0.2) is 0 Å². The summed E-state index contributed by atoms with van der Waals surface area (Å²) in [6.45, 7) is 7.38. The van der Waals surface area contributed by atoms with E-state index in [2.05, 4.69) is 5.32 Å². The molecule has 0 aromatic heterocycles. The van der Waals surface area contributed by atoms with E-state index in [0.29, 0.717) is 16.9 Å². The molecule has 1 amide bonds. The first kappa shape index (κ1) is 17.5. The molecule has 0 heterocycles. The number of benzene rings is 2. The molecule has 1 N–H and O–H groups in total. The minimum atomic E-state index is -0.500. The molecular formula is C18H20N2O4. The van der Waals surface area contributed by atoms with Crippen molar-refractivity contribution in [3.63, 3.8) is 0 Å². The van der Waals surface area contributed by atoms with Crippen LogP contribution in [0.2, 0.25) is 0 Å². The van der Waals surface area contributed by atoms with E-state index in [9.17, 15) is 14.9 Å². The van der Waals surface area contributed by atoms with Crippen LogP contribution in [0.15, 0.2) is 36.4 Å². The Kier molecular flexibility index (Phi) is 5.18. The Balaban J connectivity index is 2.33. The van der Waals surface area contributed by atoms with Crippen molar-refractivity contribution < 1.29 is 14.5 Å². The lowest BCUT2D eigenvalue weighted by atomic mass is 10.1. The van der Waals surface area contributed by atoms with Crippen molar-refractivity contribution in [3.8, 4) is 5.75 Å². The van der Waals surface area contributed by atoms with Gasteiger partial charge in [-0.3, -0.25) is 14.9 Å². The van der Waals surface area contributed by atoms with Crippen molar-refractivity contribution in [2.75, 3.05) is 5.32 Å². The van der Waals surface area contributed by atoms with E-state index in [1.807, 2.05) is 20.8 Å². The van der Waals surface area contributed by atoms with Crippen LogP contribution in [0.4, 0.5) is 11.4 Å². The summed E-state index contributed by atoms with van der Waals surface area (Å²) in [5.74, 6) is 0.161. The molecule has 2 aromatic rings. The van der Waals surface area contributed by atoms with E-state index in [-0.39, 0.29) is 17.5 Å². The maximum atomic E-state index is 12.5. The second-order valence-corrected chi connectivity index (χ2v) is 5.81. The zero-order valence-corrected chi connectivity index (χ0v) is 14.1. The second-order valence-electron chi connectivity index (χ2n) is 5.81. The monoisotopic (exact) mass is 328 g/mol. The van der Waals surface area contributed by atoms with Crippen molar-refractivity contribution in [2.45, 2.75) is 33.8 Å². The molecule has 0 aliphatic heterocycles. The molecule has 0 aliphatic carbocycles. The maximum absolute atomic E-state index is 12.5. The van der Waals surface area contributed by atoms with Gasteiger partial charge >= 0.3 is 0 Å². The standard InChI is InChI=1S/C18H20N2O4/c1-11(2)24-15-7-5-6-14(10-15)18(21)19-17-13(4)12(3)8-9-16(17)20(22)23/h5-11H,1-4H3,(H,19,21). The minimum absolute atomic E-state index is 0.0107. The second kappa shape index (κ2) is 7.12. The molecule has 24 heavy (non-hydrogen) atoms. The van der Waals surface area contributed by atoms with Crippen molar-refractivity contribution in [3.05, 3.63) is 63.2 Å². The van der Waals surface area contributed by atoms with Crippen LogP contribution in [-0.2, 0) is 0 Å². The van der Waals surface area contributed by atoms with Crippen LogP contribution >= 0.6 is 0 Å². The van der Waals surface area contributed by atoms with Gasteiger partial charge in [0, 0.05) is 11.6 Å². The Hall–Kier alpha value is -2.89. The number of hydrogen-bond acceptors (Lipinski definition) is 4. The van der Waals surface area contributed by atoms with Crippen molar-refractivity contribution in [1.29, 1.82) is 0 Å². The summed E-state index contributed by atoms with van der Waals surface area (Å²) in [4.78, 5) is 23.2. The van der Waals surface area contributed by atoms with Crippen molar-refractivity contribution in [1.82, 2.24) is 0 Å². The van der Waals surface area contributed by atoms with E-state index < -0.39 is 10.8 Å². The summed E-state index contributed by atoms with van der Waals surface area (Å²) >= 11 is 0. The third kappa shape index (κ3) is 3.90. The van der Waals surface area contributed by atoms with Gasteiger partial charge in [-0.15, -0.1) is 0 Å². The molecule has 0 saturated heterocycles. The van der Waals surface area contributed by atoms with E-state index >= 15 is 0 Å². The van der Waals surface area contributed by atoms with Crippen LogP contribution in [0.5, 0.6) is 5.75 Å². The molecule has 0 unspecified atom stereocenters. The number of nitrogens with zero attached hydrogens (tertiary/aromatic N) is 1. The van der Waals surface area contributed by atoms with Crippen LogP contribution in [0, 0.1) is 24.0 Å². The first-order valence-corrected chi connectivity index (χ1v) is 7.62. The lowest BCUT2D eigenvalue weighted by Crippen LogP contribution is -2.15. The van der Waals surface area contributed by atoms with Crippen LogP contribution in [0.3, 0.4) is 0 Å². The summed E-state index contributed by atoms with van der Waals surface area (Å²) < 4.78 is 5.57. The fraction of sp³-hybridized carbons (Fsp3) is 0.278. The van der Waals surface area contributed by atoms with Gasteiger partial charge in [-0.2, -0.15) is 0 Å². The summed E-state index contributed by atoms with van der Waals surface area (Å²) in [6, 6.07) is 9.80. The summed E-state index contributed by atoms with van der Waals surface area (Å²) in [6.07, 6.45) is -0.0107. The number of anilines is 1. The quantitative estimate of drug-likeness (QED) is 0.657. The average Bonchev–Trinajstić information content (AvgIpc) is 2.51. The summed E-state index contributed by atoms with van der Waals surface area (Å²) in [5.41, 5.74) is 2.02. The highest BCUT2D eigenvalue weighted by molar-refractivity contribution is 6.06. The molecule has 6 nitrogen and oxygen atoms in total. The molecule has 0 saturated carbocycles. The predicted molar refractivity (Wildman–Crippen MR) is 92.7 cm³/mol. The van der Waals surface area contributed by atoms with Crippen LogP contribution in [0.1, 0.15) is 35.3 Å². The number of hydrogen-bond donors (Lipinski definition) is 1. The first-order valence-electron chi connectivity index (χ1n) is 7.62. The van der Waals surface area contributed by atoms with Gasteiger partial charge in [0.15, 0.2) is 0 Å². The number of nitro groups is 1. The predicted octanol–water partition coefficient (Wildman–Crippen LogP) is 4.25. The molecule has 0 bridgehead atoms. The number of aryl methyl sites for hydroxylation is 1. The van der Waals surface area contributed by atoms with Crippen LogP contribution in [-0.4, -0.2) is 16.9 Å². The third-order valence-corrected chi connectivity index (χ3v) is 3.62. The minimum Gasteiger partial charge on any atom is -0.491 e. The van der Waals surface area contributed by atoms with E-state index in [0.717, 1.165) is 5.56 Å². The molecule has 0 atom stereocenters. The average molecular weight is 328 g/mol.